The van der Waals surface area contributed by atoms with Crippen LogP contribution in [0.1, 0.15) is 25.7 Å². The molecule has 134 valence electrons. The van der Waals surface area contributed by atoms with E-state index in [1.54, 1.807) is 0 Å². The first-order chi connectivity index (χ1) is 9.92. The van der Waals surface area contributed by atoms with E-state index >= 15 is 0 Å². The Labute approximate surface area is 124 Å². The van der Waals surface area contributed by atoms with Crippen molar-refractivity contribution < 1.29 is 44.6 Å². The van der Waals surface area contributed by atoms with Crippen molar-refractivity contribution >= 4 is 8.03 Å². The maximum Gasteiger partial charge on any atom is 0.459 e. The third kappa shape index (κ3) is 7.28. The maximum atomic E-state index is 12.8. The Morgan fingerprint density at radius 2 is 1.36 bits per heavy atom. The highest BCUT2D eigenvalue weighted by Crippen LogP contribution is 2.46. The van der Waals surface area contributed by atoms with Crippen molar-refractivity contribution in [3.63, 3.8) is 0 Å². The van der Waals surface area contributed by atoms with Gasteiger partial charge in [-0.25, -0.2) is 0 Å². The molecule has 0 aliphatic rings. The van der Waals surface area contributed by atoms with Crippen molar-refractivity contribution in [2.24, 2.45) is 0 Å². The van der Waals surface area contributed by atoms with Crippen LogP contribution in [0.5, 0.6) is 0 Å². The molecule has 0 bridgehead atoms. The molecule has 0 aromatic carbocycles. The molecule has 1 atom stereocenters. The molecule has 0 saturated heterocycles. The van der Waals surface area contributed by atoms with Crippen LogP contribution in [0, 0.1) is 0 Å². The Morgan fingerprint density at radius 1 is 0.864 bits per heavy atom. The fourth-order valence-corrected chi connectivity index (χ4v) is 1.81. The molecule has 22 heavy (non-hydrogen) atoms. The van der Waals surface area contributed by atoms with Crippen LogP contribution >= 0.6 is 8.03 Å². The van der Waals surface area contributed by atoms with E-state index < -0.39 is 32.7 Å². The molecule has 0 fully saturated rings. The van der Waals surface area contributed by atoms with E-state index in [-0.39, 0.29) is 19.6 Å². The lowest BCUT2D eigenvalue weighted by molar-refractivity contribution is -0.361. The van der Waals surface area contributed by atoms with Gasteiger partial charge in [-0.15, -0.1) is 0 Å². The van der Waals surface area contributed by atoms with Gasteiger partial charge < -0.3 is 9.26 Å². The molecule has 0 heterocycles. The summed E-state index contributed by atoms with van der Waals surface area (Å²) >= 11 is 0. The van der Waals surface area contributed by atoms with Gasteiger partial charge in [-0.3, -0.25) is 4.57 Å². The minimum Gasteiger partial charge on any atom is -0.375 e. The minimum absolute atomic E-state index is 0.231. The molecule has 0 rings (SSSR count). The van der Waals surface area contributed by atoms with E-state index in [0.29, 0.717) is 19.3 Å². The number of halogens is 7. The van der Waals surface area contributed by atoms with E-state index in [2.05, 4.69) is 4.74 Å². The van der Waals surface area contributed by atoms with Gasteiger partial charge in [0.05, 0.1) is 6.61 Å². The summed E-state index contributed by atoms with van der Waals surface area (Å²) < 4.78 is 106. The second-order valence-electron chi connectivity index (χ2n) is 4.58. The van der Waals surface area contributed by atoms with Crippen molar-refractivity contribution in [3.05, 3.63) is 0 Å². The Morgan fingerprint density at radius 3 is 1.82 bits per heavy atom. The zero-order chi connectivity index (χ0) is 17.4. The van der Waals surface area contributed by atoms with Gasteiger partial charge in [-0.1, -0.05) is 12.8 Å². The van der Waals surface area contributed by atoms with Gasteiger partial charge in [0.2, 0.25) is 0 Å². The Balaban J connectivity index is 3.85. The van der Waals surface area contributed by atoms with Crippen LogP contribution in [0.2, 0.25) is 0 Å². The van der Waals surface area contributed by atoms with Crippen LogP contribution in [0.15, 0.2) is 0 Å². The van der Waals surface area contributed by atoms with E-state index in [0.717, 1.165) is 0 Å². The zero-order valence-corrected chi connectivity index (χ0v) is 12.8. The van der Waals surface area contributed by atoms with Crippen molar-refractivity contribution in [3.8, 4) is 0 Å². The summed E-state index contributed by atoms with van der Waals surface area (Å²) in [6.45, 7) is -0.643. The quantitative estimate of drug-likeness (QED) is 0.308. The fraction of sp³-hybridized carbons (Fsp3) is 1.00. The molecular weight excluding hydrogens is 344 g/mol. The van der Waals surface area contributed by atoms with Gasteiger partial charge >= 0.3 is 18.0 Å². The van der Waals surface area contributed by atoms with Crippen molar-refractivity contribution in [2.45, 2.75) is 43.7 Å². The topological polar surface area (TPSA) is 35.5 Å². The minimum atomic E-state index is -6.33. The molecule has 0 aromatic rings. The SMILES string of the molecule is C[PH](=O)OCCCCCCOCC(F)(F)C(F)(F)C(F)(F)F. The highest BCUT2D eigenvalue weighted by atomic mass is 31.1. The van der Waals surface area contributed by atoms with Crippen LogP contribution in [0.25, 0.3) is 0 Å². The van der Waals surface area contributed by atoms with Gasteiger partial charge in [0, 0.05) is 13.3 Å². The largest absolute Gasteiger partial charge is 0.459 e. The first-order valence-corrected chi connectivity index (χ1v) is 8.27. The zero-order valence-electron chi connectivity index (χ0n) is 11.8. The fourth-order valence-electron chi connectivity index (χ4n) is 1.37. The average Bonchev–Trinajstić information content (AvgIpc) is 2.34. The van der Waals surface area contributed by atoms with Crippen molar-refractivity contribution in [1.82, 2.24) is 0 Å². The van der Waals surface area contributed by atoms with Crippen molar-refractivity contribution in [2.75, 3.05) is 26.5 Å². The maximum absolute atomic E-state index is 12.8. The molecule has 0 aliphatic carbocycles. The second-order valence-corrected chi connectivity index (χ2v) is 5.86. The molecule has 0 radical (unpaired) electrons. The molecule has 3 nitrogen and oxygen atoms in total. The molecular formula is C11H18F7O3P. The smallest absolute Gasteiger partial charge is 0.375 e. The lowest BCUT2D eigenvalue weighted by Gasteiger charge is -2.27. The summed E-state index contributed by atoms with van der Waals surface area (Å²) in [4.78, 5) is 0. The Bertz CT molecular complexity index is 347. The first-order valence-electron chi connectivity index (χ1n) is 6.45. The monoisotopic (exact) mass is 362 g/mol. The van der Waals surface area contributed by atoms with Crippen LogP contribution < -0.4 is 0 Å². The summed E-state index contributed by atoms with van der Waals surface area (Å²) in [5.74, 6) is -11.4. The van der Waals surface area contributed by atoms with E-state index in [9.17, 15) is 35.3 Å². The Hall–Kier alpha value is -0.340. The number of hydrogen-bond acceptors (Lipinski definition) is 3. The molecule has 0 aliphatic heterocycles. The molecule has 11 heteroatoms. The van der Waals surface area contributed by atoms with Crippen molar-refractivity contribution in [1.29, 1.82) is 0 Å². The summed E-state index contributed by atoms with van der Waals surface area (Å²) in [5.41, 5.74) is 0. The molecule has 0 amide bonds. The van der Waals surface area contributed by atoms with Gasteiger partial charge in [0.1, 0.15) is 6.61 Å². The van der Waals surface area contributed by atoms with E-state index in [1.165, 1.54) is 6.66 Å². The molecule has 0 aromatic heterocycles. The number of alkyl halides is 7. The third-order valence-corrected chi connectivity index (χ3v) is 3.20. The van der Waals surface area contributed by atoms with Gasteiger partial charge in [-0.2, -0.15) is 30.7 Å². The van der Waals surface area contributed by atoms with Gasteiger partial charge in [0.15, 0.2) is 8.03 Å². The summed E-state index contributed by atoms with van der Waals surface area (Å²) in [5, 5.41) is 0. The van der Waals surface area contributed by atoms with Crippen LogP contribution in [0.3, 0.4) is 0 Å². The second kappa shape index (κ2) is 9.08. The third-order valence-electron chi connectivity index (χ3n) is 2.59. The lowest BCUT2D eigenvalue weighted by atomic mass is 10.1. The molecule has 0 N–H and O–H groups in total. The average molecular weight is 362 g/mol. The van der Waals surface area contributed by atoms with E-state index in [1.807, 2.05) is 0 Å². The first kappa shape index (κ1) is 21.7. The number of hydrogen-bond donors (Lipinski definition) is 0. The predicted octanol–water partition coefficient (Wildman–Crippen LogP) is 4.52. The predicted molar refractivity (Wildman–Crippen MR) is 66.1 cm³/mol. The summed E-state index contributed by atoms with van der Waals surface area (Å²) in [7, 11) is -2.00. The standard InChI is InChI=1S/C11H18F7O3P/c1-22(19)21-7-5-3-2-4-6-20-8-9(12,13)10(14,15)11(16,17)18/h22H,2-8H2,1H3. The normalized spacial score (nSPS) is 15.1. The summed E-state index contributed by atoms with van der Waals surface area (Å²) in [6, 6.07) is 0. The highest BCUT2D eigenvalue weighted by molar-refractivity contribution is 7.38. The molecule has 1 unspecified atom stereocenters. The van der Waals surface area contributed by atoms with Gasteiger partial charge in [0.25, 0.3) is 0 Å². The van der Waals surface area contributed by atoms with E-state index in [4.69, 9.17) is 4.52 Å². The highest BCUT2D eigenvalue weighted by Gasteiger charge is 2.72. The number of ether oxygens (including phenoxy) is 1. The van der Waals surface area contributed by atoms with Crippen LogP contribution in [-0.2, 0) is 13.8 Å². The molecule has 0 spiro atoms. The lowest BCUT2D eigenvalue weighted by Crippen LogP contribution is -2.54. The number of rotatable bonds is 11. The Kier molecular flexibility index (Phi) is 8.94. The molecule has 0 saturated carbocycles. The summed E-state index contributed by atoms with van der Waals surface area (Å²) in [6.07, 6.45) is -4.43. The van der Waals surface area contributed by atoms with Crippen LogP contribution in [0.4, 0.5) is 30.7 Å². The van der Waals surface area contributed by atoms with Gasteiger partial charge in [-0.05, 0) is 12.8 Å². The number of unbranched alkanes of at least 4 members (excludes halogenated alkanes) is 3. The van der Waals surface area contributed by atoms with Crippen LogP contribution in [-0.4, -0.2) is 44.5 Å².